The molecule has 1 rings (SSSR count). The zero-order valence-electron chi connectivity index (χ0n) is 10.8. The molecule has 0 fully saturated rings. The van der Waals surface area contributed by atoms with Gasteiger partial charge in [0, 0.05) is 6.92 Å². The summed E-state index contributed by atoms with van der Waals surface area (Å²) in [5, 5.41) is 0. The van der Waals surface area contributed by atoms with Gasteiger partial charge in [-0.1, -0.05) is 12.1 Å². The van der Waals surface area contributed by atoms with Crippen molar-refractivity contribution in [1.82, 2.24) is 0 Å². The van der Waals surface area contributed by atoms with E-state index in [2.05, 4.69) is 19.9 Å². The van der Waals surface area contributed by atoms with Crippen LogP contribution in [0.1, 0.15) is 30.9 Å². The standard InChI is InChI=1S/C14H20O3/c1-11-7-6-8-14(12(11)2)17-10-5-4-9-16-13(3)15/h6-8H,4-5,9-10H2,1-3H3. The third-order valence-electron chi connectivity index (χ3n) is 2.66. The first-order valence-corrected chi connectivity index (χ1v) is 5.93. The van der Waals surface area contributed by atoms with Crippen molar-refractivity contribution in [2.24, 2.45) is 0 Å². The zero-order valence-corrected chi connectivity index (χ0v) is 10.8. The number of carbonyl (C=O) groups is 1. The molecule has 0 aliphatic carbocycles. The van der Waals surface area contributed by atoms with Gasteiger partial charge in [-0.15, -0.1) is 0 Å². The van der Waals surface area contributed by atoms with E-state index in [4.69, 9.17) is 9.47 Å². The van der Waals surface area contributed by atoms with Crippen molar-refractivity contribution < 1.29 is 14.3 Å². The zero-order chi connectivity index (χ0) is 12.7. The van der Waals surface area contributed by atoms with Crippen LogP contribution in [0.5, 0.6) is 5.75 Å². The molecule has 0 aliphatic rings. The summed E-state index contributed by atoms with van der Waals surface area (Å²) in [6, 6.07) is 6.05. The highest BCUT2D eigenvalue weighted by Gasteiger charge is 2.01. The lowest BCUT2D eigenvalue weighted by Crippen LogP contribution is -2.04. The number of ether oxygens (including phenoxy) is 2. The first kappa shape index (κ1) is 13.6. The van der Waals surface area contributed by atoms with Gasteiger partial charge in [0.15, 0.2) is 0 Å². The fourth-order valence-corrected chi connectivity index (χ4v) is 1.48. The molecule has 1 aromatic rings. The minimum absolute atomic E-state index is 0.222. The summed E-state index contributed by atoms with van der Waals surface area (Å²) < 4.78 is 10.5. The van der Waals surface area contributed by atoms with Gasteiger partial charge in [-0.25, -0.2) is 0 Å². The lowest BCUT2D eigenvalue weighted by molar-refractivity contribution is -0.141. The molecule has 0 unspecified atom stereocenters. The highest BCUT2D eigenvalue weighted by Crippen LogP contribution is 2.20. The molecule has 0 N–H and O–H groups in total. The first-order valence-electron chi connectivity index (χ1n) is 5.93. The quantitative estimate of drug-likeness (QED) is 0.562. The van der Waals surface area contributed by atoms with E-state index in [0.29, 0.717) is 13.2 Å². The van der Waals surface area contributed by atoms with E-state index in [0.717, 1.165) is 18.6 Å². The van der Waals surface area contributed by atoms with Crippen LogP contribution in [0.4, 0.5) is 0 Å². The van der Waals surface area contributed by atoms with Crippen molar-refractivity contribution in [2.45, 2.75) is 33.6 Å². The molecule has 94 valence electrons. The Morgan fingerprint density at radius 2 is 1.88 bits per heavy atom. The lowest BCUT2D eigenvalue weighted by Gasteiger charge is -2.10. The minimum atomic E-state index is -0.222. The van der Waals surface area contributed by atoms with Crippen molar-refractivity contribution in [3.05, 3.63) is 29.3 Å². The van der Waals surface area contributed by atoms with Crippen LogP contribution in [0.15, 0.2) is 18.2 Å². The van der Waals surface area contributed by atoms with Crippen molar-refractivity contribution in [2.75, 3.05) is 13.2 Å². The number of rotatable bonds is 6. The summed E-state index contributed by atoms with van der Waals surface area (Å²) >= 11 is 0. The summed E-state index contributed by atoms with van der Waals surface area (Å²) in [7, 11) is 0. The fourth-order valence-electron chi connectivity index (χ4n) is 1.48. The molecular weight excluding hydrogens is 216 g/mol. The summed E-state index contributed by atoms with van der Waals surface area (Å²) in [5.41, 5.74) is 2.43. The van der Waals surface area contributed by atoms with Crippen LogP contribution in [0.2, 0.25) is 0 Å². The maximum absolute atomic E-state index is 10.5. The third kappa shape index (κ3) is 4.89. The van der Waals surface area contributed by atoms with Gasteiger partial charge in [-0.05, 0) is 43.9 Å². The van der Waals surface area contributed by atoms with Gasteiger partial charge in [-0.2, -0.15) is 0 Å². The Balaban J connectivity index is 2.22. The highest BCUT2D eigenvalue weighted by molar-refractivity contribution is 5.65. The molecule has 0 saturated heterocycles. The Hall–Kier alpha value is -1.51. The topological polar surface area (TPSA) is 35.5 Å². The SMILES string of the molecule is CC(=O)OCCCCOc1cccc(C)c1C. The molecule has 1 aromatic carbocycles. The van der Waals surface area contributed by atoms with E-state index in [9.17, 15) is 4.79 Å². The number of unbranched alkanes of at least 4 members (excludes halogenated alkanes) is 1. The molecule has 0 aromatic heterocycles. The fraction of sp³-hybridized carbons (Fsp3) is 0.500. The molecule has 0 radical (unpaired) electrons. The monoisotopic (exact) mass is 236 g/mol. The molecular formula is C14H20O3. The minimum Gasteiger partial charge on any atom is -0.493 e. The number of benzene rings is 1. The summed E-state index contributed by atoms with van der Waals surface area (Å²) in [6.45, 7) is 6.69. The second-order valence-electron chi connectivity index (χ2n) is 4.09. The average Bonchev–Trinajstić information content (AvgIpc) is 2.28. The molecule has 0 saturated carbocycles. The number of hydrogen-bond donors (Lipinski definition) is 0. The molecule has 0 heterocycles. The van der Waals surface area contributed by atoms with Crippen LogP contribution in [0.25, 0.3) is 0 Å². The highest BCUT2D eigenvalue weighted by atomic mass is 16.5. The Kier molecular flexibility index (Phi) is 5.53. The number of hydrogen-bond acceptors (Lipinski definition) is 3. The molecule has 0 bridgehead atoms. The van der Waals surface area contributed by atoms with Gasteiger partial charge < -0.3 is 9.47 Å². The Morgan fingerprint density at radius 1 is 1.18 bits per heavy atom. The van der Waals surface area contributed by atoms with Gasteiger partial charge in [0.05, 0.1) is 13.2 Å². The van der Waals surface area contributed by atoms with Gasteiger partial charge in [0.1, 0.15) is 5.75 Å². The van der Waals surface area contributed by atoms with E-state index in [1.165, 1.54) is 18.1 Å². The Labute approximate surface area is 103 Å². The summed E-state index contributed by atoms with van der Waals surface area (Å²) in [6.07, 6.45) is 1.73. The van der Waals surface area contributed by atoms with Gasteiger partial charge in [-0.3, -0.25) is 4.79 Å². The average molecular weight is 236 g/mol. The summed E-state index contributed by atoms with van der Waals surface area (Å²) in [4.78, 5) is 10.5. The molecule has 0 aliphatic heterocycles. The maximum atomic E-state index is 10.5. The van der Waals surface area contributed by atoms with Crippen LogP contribution >= 0.6 is 0 Å². The maximum Gasteiger partial charge on any atom is 0.302 e. The van der Waals surface area contributed by atoms with Crippen LogP contribution < -0.4 is 4.74 Å². The lowest BCUT2D eigenvalue weighted by atomic mass is 10.1. The van der Waals surface area contributed by atoms with Crippen molar-refractivity contribution >= 4 is 5.97 Å². The second-order valence-corrected chi connectivity index (χ2v) is 4.09. The van der Waals surface area contributed by atoms with Gasteiger partial charge in [0.25, 0.3) is 0 Å². The van der Waals surface area contributed by atoms with E-state index in [-0.39, 0.29) is 5.97 Å². The summed E-state index contributed by atoms with van der Waals surface area (Å²) in [5.74, 6) is 0.720. The van der Waals surface area contributed by atoms with Gasteiger partial charge in [0.2, 0.25) is 0 Å². The van der Waals surface area contributed by atoms with E-state index >= 15 is 0 Å². The van der Waals surface area contributed by atoms with E-state index < -0.39 is 0 Å². The van der Waals surface area contributed by atoms with Crippen LogP contribution in [0.3, 0.4) is 0 Å². The Bertz CT molecular complexity index is 372. The normalized spacial score (nSPS) is 10.1. The number of esters is 1. The van der Waals surface area contributed by atoms with Crippen molar-refractivity contribution in [3.8, 4) is 5.75 Å². The van der Waals surface area contributed by atoms with Crippen molar-refractivity contribution in [1.29, 1.82) is 0 Å². The Morgan fingerprint density at radius 3 is 2.59 bits per heavy atom. The first-order chi connectivity index (χ1) is 8.11. The smallest absolute Gasteiger partial charge is 0.302 e. The molecule has 17 heavy (non-hydrogen) atoms. The predicted octanol–water partition coefficient (Wildman–Crippen LogP) is 3.03. The number of aryl methyl sites for hydroxylation is 1. The van der Waals surface area contributed by atoms with Gasteiger partial charge >= 0.3 is 5.97 Å². The van der Waals surface area contributed by atoms with E-state index in [1.54, 1.807) is 0 Å². The second kappa shape index (κ2) is 6.94. The van der Waals surface area contributed by atoms with Crippen LogP contribution in [-0.4, -0.2) is 19.2 Å². The van der Waals surface area contributed by atoms with Crippen LogP contribution in [-0.2, 0) is 9.53 Å². The molecule has 0 spiro atoms. The molecule has 0 amide bonds. The molecule has 3 nitrogen and oxygen atoms in total. The van der Waals surface area contributed by atoms with Crippen LogP contribution in [0, 0.1) is 13.8 Å². The number of carbonyl (C=O) groups excluding carboxylic acids is 1. The third-order valence-corrected chi connectivity index (χ3v) is 2.66. The van der Waals surface area contributed by atoms with E-state index in [1.807, 2.05) is 12.1 Å². The van der Waals surface area contributed by atoms with Crippen molar-refractivity contribution in [3.63, 3.8) is 0 Å². The molecule has 3 heteroatoms. The predicted molar refractivity (Wildman–Crippen MR) is 67.3 cm³/mol. The molecule has 0 atom stereocenters. The largest absolute Gasteiger partial charge is 0.493 e.